The van der Waals surface area contributed by atoms with Gasteiger partial charge in [0.25, 0.3) is 0 Å². The van der Waals surface area contributed by atoms with E-state index in [0.717, 1.165) is 32.1 Å². The van der Waals surface area contributed by atoms with Gasteiger partial charge in [-0.2, -0.15) is 13.2 Å². The molecular weight excluding hydrogens is 290 g/mol. The first-order chi connectivity index (χ1) is 9.82. The number of esters is 1. The number of hydrogen-bond donors (Lipinski definition) is 1. The largest absolute Gasteiger partial charge is 0.468 e. The fraction of sp³-hybridized carbons (Fsp3) is 0.500. The van der Waals surface area contributed by atoms with Crippen LogP contribution in [0.3, 0.4) is 0 Å². The van der Waals surface area contributed by atoms with Crippen molar-refractivity contribution in [2.24, 2.45) is 5.92 Å². The Balaban J connectivity index is 2.35. The van der Waals surface area contributed by atoms with Crippen LogP contribution in [0.1, 0.15) is 30.0 Å². The molecule has 0 radical (unpaired) electrons. The highest BCUT2D eigenvalue weighted by Crippen LogP contribution is 2.36. The summed E-state index contributed by atoms with van der Waals surface area (Å²) in [5, 5.41) is 2.78. The number of alkyl halides is 3. The molecule has 0 bridgehead atoms. The van der Waals surface area contributed by atoms with Crippen LogP contribution in [0.25, 0.3) is 0 Å². The van der Waals surface area contributed by atoms with Crippen molar-refractivity contribution in [3.05, 3.63) is 35.1 Å². The van der Waals surface area contributed by atoms with Crippen LogP contribution in [0.2, 0.25) is 0 Å². The molecule has 3 nitrogen and oxygen atoms in total. The highest BCUT2D eigenvalue weighted by Gasteiger charge is 2.38. The zero-order chi connectivity index (χ0) is 15.6. The standard InChI is InChI=1S/C14H15F4NO2/c1-21-13(20)12(19-7-8-2-3-8)10-5-4-9(15)6-11(10)14(16,17)18/h4-6,8,12,19H,2-3,7H2,1H3. The van der Waals surface area contributed by atoms with Gasteiger partial charge in [0, 0.05) is 0 Å². The van der Waals surface area contributed by atoms with E-state index in [9.17, 15) is 22.4 Å². The molecule has 0 amide bonds. The van der Waals surface area contributed by atoms with Gasteiger partial charge in [-0.15, -0.1) is 0 Å². The third-order valence-corrected chi connectivity index (χ3v) is 3.38. The van der Waals surface area contributed by atoms with Gasteiger partial charge >= 0.3 is 12.1 Å². The molecule has 2 rings (SSSR count). The van der Waals surface area contributed by atoms with E-state index in [1.54, 1.807) is 0 Å². The zero-order valence-electron chi connectivity index (χ0n) is 11.3. The van der Waals surface area contributed by atoms with Crippen LogP contribution in [0.4, 0.5) is 17.6 Å². The molecule has 1 atom stereocenters. The van der Waals surface area contributed by atoms with Gasteiger partial charge in [0.15, 0.2) is 0 Å². The predicted octanol–water partition coefficient (Wildman–Crippen LogP) is 3.06. The highest BCUT2D eigenvalue weighted by molar-refractivity contribution is 5.78. The monoisotopic (exact) mass is 305 g/mol. The Labute approximate surface area is 119 Å². The van der Waals surface area contributed by atoms with Gasteiger partial charge in [-0.25, -0.2) is 9.18 Å². The second-order valence-corrected chi connectivity index (χ2v) is 5.04. The van der Waals surface area contributed by atoms with Crippen LogP contribution >= 0.6 is 0 Å². The molecular formula is C14H15F4NO2. The Bertz CT molecular complexity index is 526. The van der Waals surface area contributed by atoms with Gasteiger partial charge in [-0.05, 0) is 43.0 Å². The van der Waals surface area contributed by atoms with Crippen LogP contribution in [0.5, 0.6) is 0 Å². The fourth-order valence-electron chi connectivity index (χ4n) is 2.07. The lowest BCUT2D eigenvalue weighted by molar-refractivity contribution is -0.145. The number of halogens is 4. The minimum Gasteiger partial charge on any atom is -0.468 e. The summed E-state index contributed by atoms with van der Waals surface area (Å²) in [6.07, 6.45) is -2.78. The molecule has 116 valence electrons. The minimum absolute atomic E-state index is 0.323. The van der Waals surface area contributed by atoms with Crippen LogP contribution in [-0.4, -0.2) is 19.6 Å². The maximum absolute atomic E-state index is 13.1. The number of nitrogens with one attached hydrogen (secondary N) is 1. The van der Waals surface area contributed by atoms with Crippen molar-refractivity contribution in [2.45, 2.75) is 25.1 Å². The minimum atomic E-state index is -4.75. The van der Waals surface area contributed by atoms with Gasteiger partial charge in [0.2, 0.25) is 0 Å². The van der Waals surface area contributed by atoms with Gasteiger partial charge in [-0.3, -0.25) is 0 Å². The molecule has 0 heterocycles. The lowest BCUT2D eigenvalue weighted by Gasteiger charge is -2.21. The van der Waals surface area contributed by atoms with Crippen molar-refractivity contribution in [1.29, 1.82) is 0 Å². The molecule has 1 aliphatic rings. The first-order valence-corrected chi connectivity index (χ1v) is 6.50. The van der Waals surface area contributed by atoms with Crippen molar-refractivity contribution in [2.75, 3.05) is 13.7 Å². The Kier molecular flexibility index (Phi) is 4.51. The Hall–Kier alpha value is -1.63. The number of hydrogen-bond acceptors (Lipinski definition) is 3. The second-order valence-electron chi connectivity index (χ2n) is 5.04. The molecule has 0 aromatic heterocycles. The molecule has 1 aromatic rings. The molecule has 1 saturated carbocycles. The highest BCUT2D eigenvalue weighted by atomic mass is 19.4. The van der Waals surface area contributed by atoms with E-state index in [2.05, 4.69) is 10.1 Å². The summed E-state index contributed by atoms with van der Waals surface area (Å²) in [4.78, 5) is 11.8. The van der Waals surface area contributed by atoms with E-state index in [1.165, 1.54) is 0 Å². The molecule has 1 fully saturated rings. The Morgan fingerprint density at radius 1 is 1.43 bits per heavy atom. The normalized spacial score (nSPS) is 16.6. The summed E-state index contributed by atoms with van der Waals surface area (Å²) in [5.74, 6) is -1.46. The molecule has 0 spiro atoms. The van der Waals surface area contributed by atoms with Crippen LogP contribution in [0.15, 0.2) is 18.2 Å². The van der Waals surface area contributed by atoms with Gasteiger partial charge < -0.3 is 10.1 Å². The molecule has 1 N–H and O–H groups in total. The number of carbonyl (C=O) groups is 1. The average Bonchev–Trinajstić information content (AvgIpc) is 3.22. The van der Waals surface area contributed by atoms with Crippen LogP contribution in [-0.2, 0) is 15.7 Å². The van der Waals surface area contributed by atoms with E-state index < -0.39 is 29.6 Å². The van der Waals surface area contributed by atoms with Gasteiger partial charge in [0.05, 0.1) is 12.7 Å². The Morgan fingerprint density at radius 3 is 2.62 bits per heavy atom. The second kappa shape index (κ2) is 6.01. The number of methoxy groups -OCH3 is 1. The molecule has 0 aliphatic heterocycles. The first kappa shape index (κ1) is 15.8. The van der Waals surface area contributed by atoms with E-state index in [0.29, 0.717) is 18.5 Å². The van der Waals surface area contributed by atoms with Crippen LogP contribution < -0.4 is 5.32 Å². The third kappa shape index (κ3) is 3.93. The average molecular weight is 305 g/mol. The van der Waals surface area contributed by atoms with Crippen molar-refractivity contribution in [3.8, 4) is 0 Å². The van der Waals surface area contributed by atoms with Crippen LogP contribution in [0, 0.1) is 11.7 Å². The summed E-state index contributed by atoms with van der Waals surface area (Å²) in [6.45, 7) is 0.425. The van der Waals surface area contributed by atoms with Crippen molar-refractivity contribution >= 4 is 5.97 Å². The summed E-state index contributed by atoms with van der Waals surface area (Å²) in [5.41, 5.74) is -1.49. The van der Waals surface area contributed by atoms with E-state index in [-0.39, 0.29) is 5.56 Å². The fourth-order valence-corrected chi connectivity index (χ4v) is 2.07. The van der Waals surface area contributed by atoms with Crippen molar-refractivity contribution in [3.63, 3.8) is 0 Å². The number of ether oxygens (including phenoxy) is 1. The number of benzene rings is 1. The predicted molar refractivity (Wildman–Crippen MR) is 66.9 cm³/mol. The SMILES string of the molecule is COC(=O)C(NCC1CC1)c1ccc(F)cc1C(F)(F)F. The summed E-state index contributed by atoms with van der Waals surface area (Å²) < 4.78 is 56.7. The van der Waals surface area contributed by atoms with Gasteiger partial charge in [0.1, 0.15) is 11.9 Å². The third-order valence-electron chi connectivity index (χ3n) is 3.38. The molecule has 0 saturated heterocycles. The summed E-state index contributed by atoms with van der Waals surface area (Å²) >= 11 is 0. The molecule has 1 unspecified atom stereocenters. The molecule has 1 aromatic carbocycles. The number of carbonyl (C=O) groups excluding carboxylic acids is 1. The molecule has 7 heteroatoms. The first-order valence-electron chi connectivity index (χ1n) is 6.50. The topological polar surface area (TPSA) is 38.3 Å². The zero-order valence-corrected chi connectivity index (χ0v) is 11.3. The van der Waals surface area contributed by atoms with E-state index >= 15 is 0 Å². The Morgan fingerprint density at radius 2 is 2.10 bits per heavy atom. The lowest BCUT2D eigenvalue weighted by atomic mass is 9.99. The van der Waals surface area contributed by atoms with Crippen molar-refractivity contribution in [1.82, 2.24) is 5.32 Å². The number of rotatable bonds is 5. The maximum atomic E-state index is 13.1. The smallest absolute Gasteiger partial charge is 0.416 e. The molecule has 1 aliphatic carbocycles. The quantitative estimate of drug-likeness (QED) is 0.671. The van der Waals surface area contributed by atoms with Crippen molar-refractivity contribution < 1.29 is 27.1 Å². The van der Waals surface area contributed by atoms with E-state index in [1.807, 2.05) is 0 Å². The van der Waals surface area contributed by atoms with E-state index in [4.69, 9.17) is 0 Å². The summed E-state index contributed by atoms with van der Waals surface area (Å²) in [7, 11) is 1.10. The molecule has 21 heavy (non-hydrogen) atoms. The van der Waals surface area contributed by atoms with Gasteiger partial charge in [-0.1, -0.05) is 6.07 Å². The maximum Gasteiger partial charge on any atom is 0.416 e. The summed E-state index contributed by atoms with van der Waals surface area (Å²) in [6, 6.07) is 1.01. The lowest BCUT2D eigenvalue weighted by Crippen LogP contribution is -2.33.